The van der Waals surface area contributed by atoms with Crippen LogP contribution in [0.15, 0.2) is 82.3 Å². The SMILES string of the molecule is COc1cccc(-c2noc(C3=C(C)N(CCc4cccs4)C(=O)NC3c3ccccc3)n2)c1. The summed E-state index contributed by atoms with van der Waals surface area (Å²) in [5.41, 5.74) is 3.33. The second-order valence-corrected chi connectivity index (χ2v) is 8.96. The highest BCUT2D eigenvalue weighted by Crippen LogP contribution is 2.37. The number of benzene rings is 2. The van der Waals surface area contributed by atoms with E-state index < -0.39 is 6.04 Å². The third-order valence-electron chi connectivity index (χ3n) is 5.88. The number of nitrogens with one attached hydrogen (secondary N) is 1. The third-order valence-corrected chi connectivity index (χ3v) is 6.81. The molecule has 1 atom stereocenters. The van der Waals surface area contributed by atoms with Gasteiger partial charge in [-0.1, -0.05) is 53.7 Å². The lowest BCUT2D eigenvalue weighted by Gasteiger charge is -2.35. The molecule has 2 amide bonds. The van der Waals surface area contributed by atoms with Crippen LogP contribution >= 0.6 is 11.3 Å². The summed E-state index contributed by atoms with van der Waals surface area (Å²) in [7, 11) is 1.62. The lowest BCUT2D eigenvalue weighted by Crippen LogP contribution is -2.46. The van der Waals surface area contributed by atoms with Crippen LogP contribution in [0, 0.1) is 0 Å². The van der Waals surface area contributed by atoms with Gasteiger partial charge in [-0.05, 0) is 42.5 Å². The van der Waals surface area contributed by atoms with Gasteiger partial charge in [-0.3, -0.25) is 4.90 Å². The van der Waals surface area contributed by atoms with E-state index in [4.69, 9.17) is 14.2 Å². The first kappa shape index (κ1) is 21.9. The van der Waals surface area contributed by atoms with Crippen molar-refractivity contribution in [3.63, 3.8) is 0 Å². The number of allylic oxidation sites excluding steroid dienone is 1. The summed E-state index contributed by atoms with van der Waals surface area (Å²) < 4.78 is 11.1. The van der Waals surface area contributed by atoms with Crippen LogP contribution in [0.3, 0.4) is 0 Å². The number of ether oxygens (including phenoxy) is 1. The summed E-state index contributed by atoms with van der Waals surface area (Å²) in [6.07, 6.45) is 0.768. The first-order valence-electron chi connectivity index (χ1n) is 11.0. The van der Waals surface area contributed by atoms with Crippen molar-refractivity contribution < 1.29 is 14.1 Å². The van der Waals surface area contributed by atoms with Crippen molar-refractivity contribution in [2.75, 3.05) is 13.7 Å². The number of carbonyl (C=O) groups excluding carboxylic acids is 1. The molecule has 1 N–H and O–H groups in total. The minimum absolute atomic E-state index is 0.140. The van der Waals surface area contributed by atoms with E-state index in [9.17, 15) is 4.79 Å². The zero-order valence-electron chi connectivity index (χ0n) is 18.9. The Morgan fingerprint density at radius 1 is 1.12 bits per heavy atom. The molecule has 0 fully saturated rings. The fraction of sp³-hybridized carbons (Fsp3) is 0.192. The first-order valence-corrected chi connectivity index (χ1v) is 11.9. The fourth-order valence-corrected chi connectivity index (χ4v) is 4.81. The van der Waals surface area contributed by atoms with Crippen molar-refractivity contribution >= 4 is 22.9 Å². The number of rotatable bonds is 7. The summed E-state index contributed by atoms with van der Waals surface area (Å²) in [6.45, 7) is 2.49. The molecule has 7 nitrogen and oxygen atoms in total. The number of nitrogens with zero attached hydrogens (tertiary/aromatic N) is 3. The zero-order valence-corrected chi connectivity index (χ0v) is 19.7. The van der Waals surface area contributed by atoms with Crippen LogP contribution in [-0.2, 0) is 6.42 Å². The van der Waals surface area contributed by atoms with Gasteiger partial charge in [0.15, 0.2) is 0 Å². The summed E-state index contributed by atoms with van der Waals surface area (Å²) >= 11 is 1.69. The highest BCUT2D eigenvalue weighted by atomic mass is 32.1. The monoisotopic (exact) mass is 472 g/mol. The average molecular weight is 473 g/mol. The molecule has 0 aliphatic carbocycles. The number of aromatic nitrogens is 2. The Bertz CT molecular complexity index is 1310. The Balaban J connectivity index is 1.54. The Morgan fingerprint density at radius 2 is 1.97 bits per heavy atom. The molecule has 3 heterocycles. The third kappa shape index (κ3) is 4.32. The Kier molecular flexibility index (Phi) is 6.14. The van der Waals surface area contributed by atoms with Crippen LogP contribution in [-0.4, -0.2) is 34.7 Å². The van der Waals surface area contributed by atoms with Crippen molar-refractivity contribution in [2.24, 2.45) is 0 Å². The van der Waals surface area contributed by atoms with Gasteiger partial charge in [0.05, 0.1) is 18.7 Å². The summed E-state index contributed by atoms with van der Waals surface area (Å²) in [6, 6.07) is 20.9. The van der Waals surface area contributed by atoms with Gasteiger partial charge >= 0.3 is 6.03 Å². The summed E-state index contributed by atoms with van der Waals surface area (Å²) in [5, 5.41) is 9.41. The second-order valence-electron chi connectivity index (χ2n) is 7.93. The number of carbonyl (C=O) groups is 1. The van der Waals surface area contributed by atoms with Crippen LogP contribution in [0.25, 0.3) is 17.0 Å². The summed E-state index contributed by atoms with van der Waals surface area (Å²) in [4.78, 5) is 20.8. The molecule has 0 bridgehead atoms. The van der Waals surface area contributed by atoms with E-state index in [1.165, 1.54) is 4.88 Å². The Hall–Kier alpha value is -3.91. The maximum Gasteiger partial charge on any atom is 0.322 e. The molecule has 0 radical (unpaired) electrons. The van der Waals surface area contributed by atoms with E-state index in [1.807, 2.05) is 73.0 Å². The predicted molar refractivity (Wildman–Crippen MR) is 131 cm³/mol. The smallest absolute Gasteiger partial charge is 0.322 e. The van der Waals surface area contributed by atoms with Gasteiger partial charge in [-0.25, -0.2) is 4.79 Å². The lowest BCUT2D eigenvalue weighted by molar-refractivity contribution is 0.205. The average Bonchev–Trinajstić information content (AvgIpc) is 3.57. The lowest BCUT2D eigenvalue weighted by atomic mass is 9.94. The van der Waals surface area contributed by atoms with Crippen molar-refractivity contribution in [3.05, 3.63) is 94.1 Å². The van der Waals surface area contributed by atoms with Gasteiger partial charge in [0.1, 0.15) is 5.75 Å². The normalized spacial score (nSPS) is 16.0. The number of methoxy groups -OCH3 is 1. The van der Waals surface area contributed by atoms with Gasteiger partial charge in [-0.2, -0.15) is 4.98 Å². The van der Waals surface area contributed by atoms with Crippen LogP contribution < -0.4 is 10.1 Å². The maximum atomic E-state index is 13.1. The molecular weight excluding hydrogens is 448 g/mol. The Morgan fingerprint density at radius 3 is 2.74 bits per heavy atom. The van der Waals surface area contributed by atoms with Crippen LogP contribution in [0.2, 0.25) is 0 Å². The molecule has 1 aliphatic rings. The van der Waals surface area contributed by atoms with E-state index in [0.717, 1.165) is 28.8 Å². The molecular formula is C26H24N4O3S. The number of thiophene rings is 1. The van der Waals surface area contributed by atoms with Gasteiger partial charge in [0.2, 0.25) is 5.82 Å². The van der Waals surface area contributed by atoms with E-state index in [-0.39, 0.29) is 6.03 Å². The van der Waals surface area contributed by atoms with Gasteiger partial charge in [0, 0.05) is 22.7 Å². The molecule has 172 valence electrons. The van der Waals surface area contributed by atoms with E-state index in [0.29, 0.717) is 24.0 Å². The van der Waals surface area contributed by atoms with Crippen molar-refractivity contribution in [1.82, 2.24) is 20.4 Å². The van der Waals surface area contributed by atoms with E-state index >= 15 is 0 Å². The van der Waals surface area contributed by atoms with Crippen molar-refractivity contribution in [2.45, 2.75) is 19.4 Å². The second kappa shape index (κ2) is 9.52. The standard InChI is InChI=1S/C26H24N4O3S/c1-17-22(25-28-24(29-33-25)19-10-6-11-20(16-19)32-2)23(18-8-4-3-5-9-18)27-26(31)30(17)14-13-21-12-7-15-34-21/h3-12,15-16,23H,13-14H2,1-2H3,(H,27,31). The molecule has 2 aromatic heterocycles. The van der Waals surface area contributed by atoms with Crippen LogP contribution in [0.1, 0.15) is 29.3 Å². The molecule has 5 rings (SSSR count). The minimum Gasteiger partial charge on any atom is -0.497 e. The molecule has 1 aliphatic heterocycles. The Labute approximate surface area is 201 Å². The molecule has 34 heavy (non-hydrogen) atoms. The first-order chi connectivity index (χ1) is 16.6. The van der Waals surface area contributed by atoms with Gasteiger partial charge in [-0.15, -0.1) is 11.3 Å². The molecule has 8 heteroatoms. The van der Waals surface area contributed by atoms with Gasteiger partial charge < -0.3 is 14.6 Å². The highest BCUT2D eigenvalue weighted by Gasteiger charge is 2.35. The fourth-order valence-electron chi connectivity index (χ4n) is 4.11. The highest BCUT2D eigenvalue weighted by molar-refractivity contribution is 7.09. The molecule has 4 aromatic rings. The maximum absolute atomic E-state index is 13.1. The number of amides is 2. The summed E-state index contributed by atoms with van der Waals surface area (Å²) in [5.74, 6) is 1.56. The molecule has 1 unspecified atom stereocenters. The van der Waals surface area contributed by atoms with Crippen molar-refractivity contribution in [1.29, 1.82) is 0 Å². The molecule has 2 aromatic carbocycles. The van der Waals surface area contributed by atoms with Crippen LogP contribution in [0.5, 0.6) is 5.75 Å². The van der Waals surface area contributed by atoms with Crippen LogP contribution in [0.4, 0.5) is 4.79 Å². The minimum atomic E-state index is -0.398. The van der Waals surface area contributed by atoms with Gasteiger partial charge in [0.25, 0.3) is 5.89 Å². The largest absolute Gasteiger partial charge is 0.497 e. The van der Waals surface area contributed by atoms with Crippen molar-refractivity contribution in [3.8, 4) is 17.1 Å². The van der Waals surface area contributed by atoms with E-state index in [1.54, 1.807) is 23.3 Å². The predicted octanol–water partition coefficient (Wildman–Crippen LogP) is 5.55. The topological polar surface area (TPSA) is 80.5 Å². The number of hydrogen-bond acceptors (Lipinski definition) is 6. The zero-order chi connectivity index (χ0) is 23.5. The quantitative estimate of drug-likeness (QED) is 0.382. The molecule has 0 saturated heterocycles. The molecule has 0 spiro atoms. The van der Waals surface area contributed by atoms with E-state index in [2.05, 4.69) is 16.5 Å². The number of urea groups is 1. The molecule has 0 saturated carbocycles. The number of hydrogen-bond donors (Lipinski definition) is 1.